The highest BCUT2D eigenvalue weighted by Gasteiger charge is 1.91. The lowest BCUT2D eigenvalue weighted by molar-refractivity contribution is 1.43. The lowest BCUT2D eigenvalue weighted by Crippen LogP contribution is -1.80. The first kappa shape index (κ1) is 5.35. The number of fused-ring (bicyclic) bond motifs is 1. The second-order valence-corrected chi connectivity index (χ2v) is 2.34. The molecule has 50 valence electrons. The van der Waals surface area contributed by atoms with Crippen molar-refractivity contribution >= 4 is 16.5 Å². The Morgan fingerprint density at radius 3 is 2.80 bits per heavy atom. The monoisotopic (exact) mass is 132 g/mol. The van der Waals surface area contributed by atoms with Crippen molar-refractivity contribution in [3.05, 3.63) is 30.6 Å². The second-order valence-electron chi connectivity index (χ2n) is 2.34. The first-order chi connectivity index (χ1) is 4.86. The summed E-state index contributed by atoms with van der Waals surface area (Å²) in [6, 6.07) is 5.85. The average molecular weight is 132 g/mol. The highest BCUT2D eigenvalue weighted by Crippen LogP contribution is 2.15. The summed E-state index contributed by atoms with van der Waals surface area (Å²) in [7, 11) is 0. The standard InChI is InChI=1S/C8H8N2/c9-8-2-1-6-4-10-5-7(6)3-8/h1-5,10H,9H2. The number of benzene rings is 1. The van der Waals surface area contributed by atoms with Gasteiger partial charge in [0.1, 0.15) is 0 Å². The summed E-state index contributed by atoms with van der Waals surface area (Å²) in [4.78, 5) is 3.01. The van der Waals surface area contributed by atoms with Crippen LogP contribution in [0.5, 0.6) is 0 Å². The number of rotatable bonds is 0. The van der Waals surface area contributed by atoms with Crippen molar-refractivity contribution in [2.45, 2.75) is 0 Å². The van der Waals surface area contributed by atoms with Gasteiger partial charge in [0.25, 0.3) is 0 Å². The molecule has 1 aromatic carbocycles. The smallest absolute Gasteiger partial charge is 0.0320 e. The van der Waals surface area contributed by atoms with Crippen LogP contribution in [-0.2, 0) is 0 Å². The number of aromatic nitrogens is 1. The first-order valence-electron chi connectivity index (χ1n) is 3.18. The minimum atomic E-state index is 0.812. The highest BCUT2D eigenvalue weighted by atomic mass is 14.6. The maximum Gasteiger partial charge on any atom is 0.0320 e. The molecule has 0 aliphatic heterocycles. The van der Waals surface area contributed by atoms with Crippen molar-refractivity contribution in [2.24, 2.45) is 0 Å². The zero-order valence-corrected chi connectivity index (χ0v) is 5.46. The normalized spacial score (nSPS) is 10.4. The van der Waals surface area contributed by atoms with Crippen LogP contribution in [-0.4, -0.2) is 4.98 Å². The molecule has 2 rings (SSSR count). The fourth-order valence-electron chi connectivity index (χ4n) is 1.07. The molecule has 0 atom stereocenters. The van der Waals surface area contributed by atoms with E-state index in [4.69, 9.17) is 5.73 Å². The molecule has 0 bridgehead atoms. The van der Waals surface area contributed by atoms with E-state index < -0.39 is 0 Å². The van der Waals surface area contributed by atoms with E-state index in [0.717, 1.165) is 5.69 Å². The maximum atomic E-state index is 5.57. The van der Waals surface area contributed by atoms with Crippen LogP contribution in [0.25, 0.3) is 10.8 Å². The van der Waals surface area contributed by atoms with Crippen LogP contribution in [0.3, 0.4) is 0 Å². The minimum absolute atomic E-state index is 0.812. The van der Waals surface area contributed by atoms with Crippen molar-refractivity contribution in [3.63, 3.8) is 0 Å². The Labute approximate surface area is 58.7 Å². The zero-order valence-electron chi connectivity index (χ0n) is 5.46. The third kappa shape index (κ3) is 0.658. The summed E-state index contributed by atoms with van der Waals surface area (Å²) in [5, 5.41) is 2.37. The zero-order chi connectivity index (χ0) is 6.97. The van der Waals surface area contributed by atoms with Gasteiger partial charge in [0.15, 0.2) is 0 Å². The van der Waals surface area contributed by atoms with Crippen LogP contribution in [0.4, 0.5) is 5.69 Å². The number of nitrogens with one attached hydrogen (secondary N) is 1. The third-order valence-electron chi connectivity index (χ3n) is 1.59. The number of nitrogens with two attached hydrogens (primary N) is 1. The summed E-state index contributed by atoms with van der Waals surface area (Å²) in [5.41, 5.74) is 6.38. The summed E-state index contributed by atoms with van der Waals surface area (Å²) in [5.74, 6) is 0. The molecule has 0 aliphatic rings. The van der Waals surface area contributed by atoms with Crippen molar-refractivity contribution < 1.29 is 0 Å². The van der Waals surface area contributed by atoms with Crippen molar-refractivity contribution in [1.29, 1.82) is 0 Å². The molecule has 1 aromatic heterocycles. The van der Waals surface area contributed by atoms with Gasteiger partial charge in [-0.3, -0.25) is 0 Å². The third-order valence-corrected chi connectivity index (χ3v) is 1.59. The van der Waals surface area contributed by atoms with Crippen molar-refractivity contribution in [1.82, 2.24) is 4.98 Å². The summed E-state index contributed by atoms with van der Waals surface area (Å²) < 4.78 is 0. The number of hydrogen-bond donors (Lipinski definition) is 2. The number of anilines is 1. The second kappa shape index (κ2) is 1.77. The maximum absolute atomic E-state index is 5.57. The number of aromatic amines is 1. The van der Waals surface area contributed by atoms with Crippen LogP contribution in [0, 0.1) is 0 Å². The fraction of sp³-hybridized carbons (Fsp3) is 0. The molecule has 2 heteroatoms. The van der Waals surface area contributed by atoms with E-state index in [1.807, 2.05) is 30.6 Å². The molecule has 0 unspecified atom stereocenters. The molecule has 0 saturated heterocycles. The van der Waals surface area contributed by atoms with Crippen LogP contribution in [0.2, 0.25) is 0 Å². The molecule has 0 saturated carbocycles. The predicted octanol–water partition coefficient (Wildman–Crippen LogP) is 1.75. The van der Waals surface area contributed by atoms with Crippen LogP contribution in [0.15, 0.2) is 30.6 Å². The molecule has 0 fully saturated rings. The Hall–Kier alpha value is -1.44. The van der Waals surface area contributed by atoms with Crippen molar-refractivity contribution in [3.8, 4) is 0 Å². The fourth-order valence-corrected chi connectivity index (χ4v) is 1.07. The molecular weight excluding hydrogens is 124 g/mol. The van der Waals surface area contributed by atoms with Crippen LogP contribution >= 0.6 is 0 Å². The van der Waals surface area contributed by atoms with E-state index in [1.165, 1.54) is 10.8 Å². The minimum Gasteiger partial charge on any atom is -0.399 e. The van der Waals surface area contributed by atoms with Gasteiger partial charge in [-0.2, -0.15) is 0 Å². The number of hydrogen-bond acceptors (Lipinski definition) is 1. The van der Waals surface area contributed by atoms with E-state index in [9.17, 15) is 0 Å². The Balaban J connectivity index is 2.86. The van der Waals surface area contributed by atoms with E-state index >= 15 is 0 Å². The quantitative estimate of drug-likeness (QED) is 0.527. The van der Waals surface area contributed by atoms with E-state index in [2.05, 4.69) is 4.98 Å². The molecule has 1 heterocycles. The van der Waals surface area contributed by atoms with Gasteiger partial charge in [0, 0.05) is 23.5 Å². The van der Waals surface area contributed by atoms with Gasteiger partial charge in [0.2, 0.25) is 0 Å². The molecule has 2 nitrogen and oxygen atoms in total. The number of nitrogen functional groups attached to an aromatic ring is 1. The Morgan fingerprint density at radius 1 is 1.10 bits per heavy atom. The Morgan fingerprint density at radius 2 is 1.90 bits per heavy atom. The molecule has 3 N–H and O–H groups in total. The Kier molecular flexibility index (Phi) is 0.947. The van der Waals surface area contributed by atoms with E-state index in [0.29, 0.717) is 0 Å². The number of H-pyrrole nitrogens is 1. The largest absolute Gasteiger partial charge is 0.399 e. The summed E-state index contributed by atoms with van der Waals surface area (Å²) in [6.45, 7) is 0. The molecule has 2 aromatic rings. The average Bonchev–Trinajstić information content (AvgIpc) is 2.33. The van der Waals surface area contributed by atoms with Crippen LogP contribution < -0.4 is 5.73 Å². The molecule has 0 amide bonds. The molecular formula is C8H8N2. The van der Waals surface area contributed by atoms with Crippen molar-refractivity contribution in [2.75, 3.05) is 5.73 Å². The van der Waals surface area contributed by atoms with E-state index in [1.54, 1.807) is 0 Å². The highest BCUT2D eigenvalue weighted by molar-refractivity contribution is 5.84. The molecule has 0 spiro atoms. The van der Waals surface area contributed by atoms with Crippen LogP contribution in [0.1, 0.15) is 0 Å². The predicted molar refractivity (Wildman–Crippen MR) is 42.7 cm³/mol. The molecule has 0 radical (unpaired) electrons. The topological polar surface area (TPSA) is 41.8 Å². The van der Waals surface area contributed by atoms with Gasteiger partial charge in [-0.25, -0.2) is 0 Å². The lowest BCUT2D eigenvalue weighted by atomic mass is 10.2. The Bertz CT molecular complexity index is 349. The van der Waals surface area contributed by atoms with E-state index in [-0.39, 0.29) is 0 Å². The van der Waals surface area contributed by atoms with Gasteiger partial charge in [-0.15, -0.1) is 0 Å². The van der Waals surface area contributed by atoms with Gasteiger partial charge >= 0.3 is 0 Å². The lowest BCUT2D eigenvalue weighted by Gasteiger charge is -1.90. The summed E-state index contributed by atoms with van der Waals surface area (Å²) in [6.07, 6.45) is 3.89. The van der Waals surface area contributed by atoms with Gasteiger partial charge in [0.05, 0.1) is 0 Å². The van der Waals surface area contributed by atoms with Gasteiger partial charge in [-0.05, 0) is 17.5 Å². The first-order valence-corrected chi connectivity index (χ1v) is 3.18. The molecule has 10 heavy (non-hydrogen) atoms. The van der Waals surface area contributed by atoms with Gasteiger partial charge in [-0.1, -0.05) is 6.07 Å². The summed E-state index contributed by atoms with van der Waals surface area (Å²) >= 11 is 0. The SMILES string of the molecule is Nc1ccc2c[nH]cc2c1. The van der Waals surface area contributed by atoms with Gasteiger partial charge < -0.3 is 10.7 Å². The molecule has 0 aliphatic carbocycles.